The zero-order valence-electron chi connectivity index (χ0n) is 20.3. The Labute approximate surface area is 205 Å². The summed E-state index contributed by atoms with van der Waals surface area (Å²) >= 11 is 0. The smallest absolute Gasteiger partial charge is 0.338 e. The standard InChI is InChI=1S/C28H29NO6/c1-18(2)15-29-27(31)20-10-11-22(24(12-20)28(32)34-4)23-14-25(33-3)26(13-21(23)16-30)35-17-19-8-6-5-7-9-19/h5-14,16,18H,15,17H2,1-4H3,(H,29,31). The molecule has 0 heterocycles. The molecule has 182 valence electrons. The number of benzene rings is 3. The molecule has 3 aromatic rings. The molecule has 0 atom stereocenters. The Kier molecular flexibility index (Phi) is 8.62. The van der Waals surface area contributed by atoms with E-state index in [9.17, 15) is 14.4 Å². The van der Waals surface area contributed by atoms with Crippen molar-refractivity contribution in [1.82, 2.24) is 5.32 Å². The molecule has 7 nitrogen and oxygen atoms in total. The zero-order chi connectivity index (χ0) is 25.4. The van der Waals surface area contributed by atoms with Crippen LogP contribution in [0.4, 0.5) is 0 Å². The molecule has 0 unspecified atom stereocenters. The lowest BCUT2D eigenvalue weighted by Crippen LogP contribution is -2.27. The maximum atomic E-state index is 12.6. The Morgan fingerprint density at radius 3 is 2.31 bits per heavy atom. The van der Waals surface area contributed by atoms with Crippen molar-refractivity contribution in [1.29, 1.82) is 0 Å². The second-order valence-electron chi connectivity index (χ2n) is 8.34. The molecule has 1 N–H and O–H groups in total. The highest BCUT2D eigenvalue weighted by atomic mass is 16.5. The number of ether oxygens (including phenoxy) is 3. The second kappa shape index (κ2) is 11.8. The van der Waals surface area contributed by atoms with Crippen LogP contribution in [0, 0.1) is 5.92 Å². The van der Waals surface area contributed by atoms with Crippen LogP contribution >= 0.6 is 0 Å². The van der Waals surface area contributed by atoms with Gasteiger partial charge >= 0.3 is 5.97 Å². The van der Waals surface area contributed by atoms with E-state index in [4.69, 9.17) is 14.2 Å². The van der Waals surface area contributed by atoms with Crippen LogP contribution in [-0.4, -0.2) is 38.9 Å². The molecule has 35 heavy (non-hydrogen) atoms. The molecule has 0 aliphatic rings. The summed E-state index contributed by atoms with van der Waals surface area (Å²) in [6.07, 6.45) is 0.689. The fourth-order valence-corrected chi connectivity index (χ4v) is 3.51. The van der Waals surface area contributed by atoms with Crippen molar-refractivity contribution in [3.05, 3.63) is 82.9 Å². The summed E-state index contributed by atoms with van der Waals surface area (Å²) in [5.41, 5.74) is 2.64. The van der Waals surface area contributed by atoms with E-state index in [0.717, 1.165) is 5.56 Å². The third-order valence-corrected chi connectivity index (χ3v) is 5.35. The van der Waals surface area contributed by atoms with Crippen LogP contribution in [0.25, 0.3) is 11.1 Å². The lowest BCUT2D eigenvalue weighted by atomic mass is 9.93. The molecule has 0 saturated carbocycles. The molecule has 0 saturated heterocycles. The molecule has 0 fully saturated rings. The summed E-state index contributed by atoms with van der Waals surface area (Å²) < 4.78 is 16.4. The van der Waals surface area contributed by atoms with Crippen molar-refractivity contribution in [2.45, 2.75) is 20.5 Å². The van der Waals surface area contributed by atoms with Crippen molar-refractivity contribution in [3.63, 3.8) is 0 Å². The van der Waals surface area contributed by atoms with E-state index in [0.29, 0.717) is 53.2 Å². The molecule has 3 rings (SSSR count). The van der Waals surface area contributed by atoms with Crippen molar-refractivity contribution in [3.8, 4) is 22.6 Å². The largest absolute Gasteiger partial charge is 0.493 e. The van der Waals surface area contributed by atoms with Gasteiger partial charge in [-0.25, -0.2) is 4.79 Å². The van der Waals surface area contributed by atoms with Gasteiger partial charge in [0.25, 0.3) is 5.91 Å². The lowest BCUT2D eigenvalue weighted by Gasteiger charge is -2.17. The van der Waals surface area contributed by atoms with Crippen molar-refractivity contribution in [2.75, 3.05) is 20.8 Å². The Bertz CT molecular complexity index is 1200. The van der Waals surface area contributed by atoms with E-state index in [1.807, 2.05) is 44.2 Å². The predicted octanol–water partition coefficient (Wildman–Crippen LogP) is 4.93. The molecule has 0 spiro atoms. The first-order valence-corrected chi connectivity index (χ1v) is 11.2. The van der Waals surface area contributed by atoms with Crippen LogP contribution in [0.15, 0.2) is 60.7 Å². The highest BCUT2D eigenvalue weighted by Crippen LogP contribution is 2.37. The Morgan fingerprint density at radius 2 is 1.69 bits per heavy atom. The summed E-state index contributed by atoms with van der Waals surface area (Å²) in [5, 5.41) is 2.83. The fraction of sp³-hybridized carbons (Fsp3) is 0.250. The maximum Gasteiger partial charge on any atom is 0.338 e. The van der Waals surface area contributed by atoms with Gasteiger partial charge < -0.3 is 19.5 Å². The molecule has 0 aromatic heterocycles. The summed E-state index contributed by atoms with van der Waals surface area (Å²) in [5.74, 6) is 0.151. The van der Waals surface area contributed by atoms with Crippen LogP contribution in [0.5, 0.6) is 11.5 Å². The summed E-state index contributed by atoms with van der Waals surface area (Å²) in [7, 11) is 2.76. The zero-order valence-corrected chi connectivity index (χ0v) is 20.3. The third-order valence-electron chi connectivity index (χ3n) is 5.35. The summed E-state index contributed by atoms with van der Waals surface area (Å²) in [6, 6.07) is 17.5. The third kappa shape index (κ3) is 6.26. The first kappa shape index (κ1) is 25.5. The van der Waals surface area contributed by atoms with E-state index in [2.05, 4.69) is 5.32 Å². The normalized spacial score (nSPS) is 10.5. The van der Waals surface area contributed by atoms with Gasteiger partial charge in [0.2, 0.25) is 0 Å². The van der Waals surface area contributed by atoms with E-state index in [-0.39, 0.29) is 17.4 Å². The molecule has 0 radical (unpaired) electrons. The van der Waals surface area contributed by atoms with E-state index in [1.54, 1.807) is 24.3 Å². The molecular weight excluding hydrogens is 446 g/mol. The van der Waals surface area contributed by atoms with Crippen molar-refractivity contribution < 1.29 is 28.6 Å². The van der Waals surface area contributed by atoms with Gasteiger partial charge in [-0.3, -0.25) is 9.59 Å². The number of amides is 1. The first-order valence-electron chi connectivity index (χ1n) is 11.2. The summed E-state index contributed by atoms with van der Waals surface area (Å²) in [6.45, 7) is 4.78. The number of methoxy groups -OCH3 is 2. The van der Waals surface area contributed by atoms with Crippen molar-refractivity contribution in [2.24, 2.45) is 5.92 Å². The number of esters is 1. The molecule has 3 aromatic carbocycles. The highest BCUT2D eigenvalue weighted by Gasteiger charge is 2.21. The van der Waals surface area contributed by atoms with E-state index in [1.165, 1.54) is 20.3 Å². The molecule has 0 aliphatic carbocycles. The lowest BCUT2D eigenvalue weighted by molar-refractivity contribution is 0.0601. The first-order chi connectivity index (χ1) is 16.9. The predicted molar refractivity (Wildman–Crippen MR) is 133 cm³/mol. The maximum absolute atomic E-state index is 12.6. The molecular formula is C28H29NO6. The number of hydrogen-bond donors (Lipinski definition) is 1. The monoisotopic (exact) mass is 475 g/mol. The molecule has 1 amide bonds. The topological polar surface area (TPSA) is 90.9 Å². The number of carbonyl (C=O) groups excluding carboxylic acids is 3. The summed E-state index contributed by atoms with van der Waals surface area (Å²) in [4.78, 5) is 37.2. The van der Waals surface area contributed by atoms with Gasteiger partial charge in [-0.1, -0.05) is 50.2 Å². The molecule has 7 heteroatoms. The minimum absolute atomic E-state index is 0.160. The number of aldehydes is 1. The minimum Gasteiger partial charge on any atom is -0.493 e. The fourth-order valence-electron chi connectivity index (χ4n) is 3.51. The van der Waals surface area contributed by atoms with Crippen LogP contribution in [0.1, 0.15) is 50.5 Å². The number of carbonyl (C=O) groups is 3. The molecule has 0 bridgehead atoms. The van der Waals surface area contributed by atoms with E-state index < -0.39 is 5.97 Å². The Hall–Kier alpha value is -4.13. The van der Waals surface area contributed by atoms with E-state index >= 15 is 0 Å². The Balaban J connectivity index is 2.02. The quantitative estimate of drug-likeness (QED) is 0.330. The number of hydrogen-bond acceptors (Lipinski definition) is 6. The highest BCUT2D eigenvalue weighted by molar-refractivity contribution is 6.04. The van der Waals surface area contributed by atoms with Crippen LogP contribution in [0.3, 0.4) is 0 Å². The average molecular weight is 476 g/mol. The van der Waals surface area contributed by atoms with Gasteiger partial charge in [0, 0.05) is 17.7 Å². The van der Waals surface area contributed by atoms with Gasteiger partial charge in [0.15, 0.2) is 17.8 Å². The van der Waals surface area contributed by atoms with Gasteiger partial charge in [0.05, 0.1) is 19.8 Å². The second-order valence-corrected chi connectivity index (χ2v) is 8.34. The van der Waals surface area contributed by atoms with Crippen LogP contribution in [0.2, 0.25) is 0 Å². The number of nitrogens with one attached hydrogen (secondary N) is 1. The SMILES string of the molecule is COC(=O)c1cc(C(=O)NCC(C)C)ccc1-c1cc(OC)c(OCc2ccccc2)cc1C=O. The van der Waals surface area contributed by atoms with Gasteiger partial charge in [-0.05, 0) is 46.9 Å². The van der Waals surface area contributed by atoms with Gasteiger partial charge in [0.1, 0.15) is 6.61 Å². The van der Waals surface area contributed by atoms with Gasteiger partial charge in [-0.15, -0.1) is 0 Å². The van der Waals surface area contributed by atoms with Crippen LogP contribution in [-0.2, 0) is 11.3 Å². The van der Waals surface area contributed by atoms with Crippen molar-refractivity contribution >= 4 is 18.2 Å². The van der Waals surface area contributed by atoms with Gasteiger partial charge in [-0.2, -0.15) is 0 Å². The average Bonchev–Trinajstić information content (AvgIpc) is 2.89. The minimum atomic E-state index is -0.626. The Morgan fingerprint density at radius 1 is 0.943 bits per heavy atom. The molecule has 0 aliphatic heterocycles. The number of rotatable bonds is 10. The van der Waals surface area contributed by atoms with Crippen LogP contribution < -0.4 is 14.8 Å².